The zero-order chi connectivity index (χ0) is 18.8. The molecule has 0 atom stereocenters. The van der Waals surface area contributed by atoms with Crippen LogP contribution in [-0.2, 0) is 20.0 Å². The molecule has 0 radical (unpaired) electrons. The van der Waals surface area contributed by atoms with Gasteiger partial charge in [0.2, 0.25) is 5.95 Å². The van der Waals surface area contributed by atoms with Crippen LogP contribution < -0.4 is 5.32 Å². The Bertz CT molecular complexity index is 1080. The lowest BCUT2D eigenvalue weighted by molar-refractivity contribution is 0.102. The number of aromatic nitrogens is 5. The van der Waals surface area contributed by atoms with Gasteiger partial charge in [-0.05, 0) is 24.3 Å². The summed E-state index contributed by atoms with van der Waals surface area (Å²) in [4.78, 5) is 21.5. The zero-order valence-corrected chi connectivity index (χ0v) is 15.4. The van der Waals surface area contributed by atoms with Crippen LogP contribution in [-0.4, -0.2) is 30.2 Å². The Morgan fingerprint density at radius 3 is 2.74 bits per heavy atom. The molecule has 0 unspecified atom stereocenters. The van der Waals surface area contributed by atoms with Gasteiger partial charge in [0.05, 0.1) is 11.0 Å². The number of nitrogens with one attached hydrogen (secondary N) is 1. The van der Waals surface area contributed by atoms with Crippen LogP contribution in [0.25, 0.3) is 11.0 Å². The number of rotatable bonds is 5. The molecule has 3 heterocycles. The maximum atomic E-state index is 12.6. The zero-order valence-electron chi connectivity index (χ0n) is 14.6. The molecule has 0 bridgehead atoms. The van der Waals surface area contributed by atoms with Crippen molar-refractivity contribution in [3.63, 3.8) is 0 Å². The molecule has 4 rings (SSSR count). The third-order valence-electron chi connectivity index (χ3n) is 4.25. The number of carbonyl (C=O) groups excluding carboxylic acids is 1. The lowest BCUT2D eigenvalue weighted by Gasteiger charge is -2.09. The van der Waals surface area contributed by atoms with Gasteiger partial charge in [0, 0.05) is 38.0 Å². The van der Waals surface area contributed by atoms with Crippen molar-refractivity contribution in [1.82, 2.24) is 24.3 Å². The molecule has 1 amide bonds. The van der Waals surface area contributed by atoms with E-state index in [9.17, 15) is 4.79 Å². The number of pyridine rings is 1. The highest BCUT2D eigenvalue weighted by Gasteiger charge is 2.17. The second kappa shape index (κ2) is 7.20. The van der Waals surface area contributed by atoms with Crippen LogP contribution in [0.2, 0.25) is 5.15 Å². The van der Waals surface area contributed by atoms with Crippen molar-refractivity contribution in [2.45, 2.75) is 13.0 Å². The van der Waals surface area contributed by atoms with Crippen molar-refractivity contribution in [2.75, 3.05) is 5.32 Å². The van der Waals surface area contributed by atoms with Crippen molar-refractivity contribution in [3.05, 3.63) is 71.3 Å². The molecule has 1 N–H and O–H groups in total. The summed E-state index contributed by atoms with van der Waals surface area (Å²) in [5.74, 6) is 0.116. The predicted octanol–water partition coefficient (Wildman–Crippen LogP) is 3.31. The smallest absolute Gasteiger partial charge is 0.278 e. The lowest BCUT2D eigenvalue weighted by atomic mass is 10.2. The van der Waals surface area contributed by atoms with Gasteiger partial charge in [0.1, 0.15) is 5.15 Å². The van der Waals surface area contributed by atoms with E-state index in [-0.39, 0.29) is 11.6 Å². The number of amides is 1. The maximum Gasteiger partial charge on any atom is 0.278 e. The van der Waals surface area contributed by atoms with Crippen LogP contribution in [0.5, 0.6) is 0 Å². The minimum Gasteiger partial charge on any atom is -0.310 e. The highest BCUT2D eigenvalue weighted by Crippen LogP contribution is 2.21. The van der Waals surface area contributed by atoms with E-state index in [0.717, 1.165) is 23.1 Å². The third-order valence-corrected chi connectivity index (χ3v) is 4.61. The summed E-state index contributed by atoms with van der Waals surface area (Å²) in [5, 5.41) is 7.35. The molecule has 0 fully saturated rings. The van der Waals surface area contributed by atoms with Gasteiger partial charge < -0.3 is 4.57 Å². The fourth-order valence-electron chi connectivity index (χ4n) is 2.89. The summed E-state index contributed by atoms with van der Waals surface area (Å²) in [6, 6.07) is 15.1. The van der Waals surface area contributed by atoms with E-state index >= 15 is 0 Å². The number of aryl methyl sites for hydroxylation is 3. The van der Waals surface area contributed by atoms with Gasteiger partial charge in [-0.3, -0.25) is 19.8 Å². The van der Waals surface area contributed by atoms with E-state index in [1.807, 2.05) is 47.0 Å². The van der Waals surface area contributed by atoms with Gasteiger partial charge >= 0.3 is 0 Å². The monoisotopic (exact) mass is 380 g/mol. The normalized spacial score (nSPS) is 11.0. The highest BCUT2D eigenvalue weighted by atomic mass is 35.5. The first-order valence-electron chi connectivity index (χ1n) is 8.48. The van der Waals surface area contributed by atoms with Gasteiger partial charge in [-0.1, -0.05) is 29.8 Å². The Morgan fingerprint density at radius 1 is 1.19 bits per heavy atom. The van der Waals surface area contributed by atoms with Crippen LogP contribution in [0.15, 0.2) is 54.7 Å². The minimum atomic E-state index is -0.355. The van der Waals surface area contributed by atoms with E-state index in [1.54, 1.807) is 13.2 Å². The Balaban J connectivity index is 1.64. The molecule has 136 valence electrons. The number of benzene rings is 1. The van der Waals surface area contributed by atoms with Crippen LogP contribution in [0, 0.1) is 0 Å². The standard InChI is InChI=1S/C19H17ClN6O/c1-25-17(20)12-15(24-25)18(27)23-19-22-14-7-2-3-8-16(14)26(19)11-9-13-6-4-5-10-21-13/h2-8,10,12H,9,11H2,1H3,(H,22,23,27). The van der Waals surface area contributed by atoms with E-state index in [1.165, 1.54) is 10.7 Å². The summed E-state index contributed by atoms with van der Waals surface area (Å²) in [6.07, 6.45) is 2.49. The summed E-state index contributed by atoms with van der Waals surface area (Å²) < 4.78 is 3.42. The number of carbonyl (C=O) groups is 1. The summed E-state index contributed by atoms with van der Waals surface area (Å²) in [5.41, 5.74) is 2.98. The first kappa shape index (κ1) is 17.2. The fraction of sp³-hybridized carbons (Fsp3) is 0.158. The molecule has 0 aliphatic rings. The Hall–Kier alpha value is -3.19. The molecule has 4 aromatic rings. The largest absolute Gasteiger partial charge is 0.310 e. The highest BCUT2D eigenvalue weighted by molar-refractivity contribution is 6.30. The second-order valence-corrected chi connectivity index (χ2v) is 6.46. The molecule has 0 spiro atoms. The molecule has 8 heteroatoms. The van der Waals surface area contributed by atoms with Gasteiger partial charge in [0.15, 0.2) is 5.69 Å². The number of imidazole rings is 1. The van der Waals surface area contributed by atoms with Crippen LogP contribution >= 0.6 is 11.6 Å². The third kappa shape index (κ3) is 3.54. The number of para-hydroxylation sites is 2. The van der Waals surface area contributed by atoms with Gasteiger partial charge in [-0.25, -0.2) is 4.98 Å². The number of halogens is 1. The SMILES string of the molecule is Cn1nc(C(=O)Nc2nc3ccccc3n2CCc2ccccn2)cc1Cl. The van der Waals surface area contributed by atoms with Crippen LogP contribution in [0.1, 0.15) is 16.2 Å². The number of anilines is 1. The quantitative estimate of drug-likeness (QED) is 0.576. The molecular weight excluding hydrogens is 364 g/mol. The first-order chi connectivity index (χ1) is 13.1. The van der Waals surface area contributed by atoms with Crippen molar-refractivity contribution in [2.24, 2.45) is 7.05 Å². The van der Waals surface area contributed by atoms with E-state index in [0.29, 0.717) is 17.6 Å². The minimum absolute atomic E-state index is 0.242. The molecule has 0 saturated carbocycles. The second-order valence-electron chi connectivity index (χ2n) is 6.08. The van der Waals surface area contributed by atoms with Crippen molar-refractivity contribution < 1.29 is 4.79 Å². The van der Waals surface area contributed by atoms with Gasteiger partial charge in [-0.2, -0.15) is 5.10 Å². The van der Waals surface area contributed by atoms with E-state index < -0.39 is 0 Å². The summed E-state index contributed by atoms with van der Waals surface area (Å²) in [6.45, 7) is 0.635. The van der Waals surface area contributed by atoms with E-state index in [2.05, 4.69) is 20.4 Å². The van der Waals surface area contributed by atoms with Crippen LogP contribution in [0.4, 0.5) is 5.95 Å². The molecule has 0 aliphatic carbocycles. The van der Waals surface area contributed by atoms with Gasteiger partial charge in [-0.15, -0.1) is 0 Å². The average molecular weight is 381 g/mol. The number of nitrogens with zero attached hydrogens (tertiary/aromatic N) is 5. The topological polar surface area (TPSA) is 77.6 Å². The fourth-order valence-corrected chi connectivity index (χ4v) is 3.03. The molecular formula is C19H17ClN6O. The Labute approximate surface area is 160 Å². The number of hydrogen-bond donors (Lipinski definition) is 1. The first-order valence-corrected chi connectivity index (χ1v) is 8.85. The van der Waals surface area contributed by atoms with Crippen molar-refractivity contribution >= 4 is 34.5 Å². The number of hydrogen-bond acceptors (Lipinski definition) is 4. The molecule has 0 saturated heterocycles. The molecule has 1 aromatic carbocycles. The molecule has 3 aromatic heterocycles. The summed E-state index contributed by atoms with van der Waals surface area (Å²) >= 11 is 5.98. The molecule has 7 nitrogen and oxygen atoms in total. The Morgan fingerprint density at radius 2 is 2.00 bits per heavy atom. The van der Waals surface area contributed by atoms with E-state index in [4.69, 9.17) is 11.6 Å². The van der Waals surface area contributed by atoms with Crippen LogP contribution in [0.3, 0.4) is 0 Å². The predicted molar refractivity (Wildman–Crippen MR) is 104 cm³/mol. The molecule has 0 aliphatic heterocycles. The van der Waals surface area contributed by atoms with Crippen molar-refractivity contribution in [3.8, 4) is 0 Å². The maximum absolute atomic E-state index is 12.6. The van der Waals surface area contributed by atoms with Crippen molar-refractivity contribution in [1.29, 1.82) is 0 Å². The Kier molecular flexibility index (Phi) is 4.60. The average Bonchev–Trinajstić information content (AvgIpc) is 3.20. The van der Waals surface area contributed by atoms with Gasteiger partial charge in [0.25, 0.3) is 5.91 Å². The molecule has 27 heavy (non-hydrogen) atoms. The number of fused-ring (bicyclic) bond motifs is 1. The summed E-state index contributed by atoms with van der Waals surface area (Å²) in [7, 11) is 1.68. The lowest BCUT2D eigenvalue weighted by Crippen LogP contribution is -2.17.